The highest BCUT2D eigenvalue weighted by molar-refractivity contribution is 7.92. The van der Waals surface area contributed by atoms with Gasteiger partial charge in [0.15, 0.2) is 11.0 Å². The van der Waals surface area contributed by atoms with Gasteiger partial charge in [0.25, 0.3) is 10.0 Å². The summed E-state index contributed by atoms with van der Waals surface area (Å²) in [6, 6.07) is 14.1. The van der Waals surface area contributed by atoms with Crippen LogP contribution in [0.5, 0.6) is 0 Å². The SMILES string of the molecule is C[C@H](C(=O)N1CCN(c2ccc(S(=O)(=O)Nc3ccc(Cl)nn3)cc2)C(=O)C1)N1CCCc2cc(Cl)ccc21. The normalized spacial score (nSPS) is 16.6. The third kappa shape index (κ3) is 5.80. The zero-order valence-corrected chi connectivity index (χ0v) is 23.4. The van der Waals surface area contributed by atoms with Gasteiger partial charge in [0.2, 0.25) is 11.8 Å². The lowest BCUT2D eigenvalue weighted by Crippen LogP contribution is -2.57. The Morgan fingerprint density at radius 1 is 1.00 bits per heavy atom. The van der Waals surface area contributed by atoms with Crippen LogP contribution in [0.15, 0.2) is 59.5 Å². The predicted octanol–water partition coefficient (Wildman–Crippen LogP) is 3.60. The fourth-order valence-electron chi connectivity index (χ4n) is 4.90. The van der Waals surface area contributed by atoms with Gasteiger partial charge < -0.3 is 14.7 Å². The fourth-order valence-corrected chi connectivity index (χ4v) is 6.19. The lowest BCUT2D eigenvalue weighted by molar-refractivity contribution is -0.137. The first-order chi connectivity index (χ1) is 18.6. The Morgan fingerprint density at radius 2 is 1.77 bits per heavy atom. The monoisotopic (exact) mass is 588 g/mol. The third-order valence-corrected chi connectivity index (χ3v) is 8.69. The number of nitrogens with one attached hydrogen (secondary N) is 1. The topological polar surface area (TPSA) is 116 Å². The first kappa shape index (κ1) is 27.2. The lowest BCUT2D eigenvalue weighted by Gasteiger charge is -2.40. The molecule has 5 rings (SSSR count). The van der Waals surface area contributed by atoms with E-state index in [-0.39, 0.29) is 34.2 Å². The number of fused-ring (bicyclic) bond motifs is 1. The Labute approximate surface area is 236 Å². The number of benzene rings is 2. The molecule has 1 aromatic heterocycles. The number of anilines is 3. The van der Waals surface area contributed by atoms with Gasteiger partial charge in [0.05, 0.1) is 4.90 Å². The molecule has 1 fully saturated rings. The van der Waals surface area contributed by atoms with Crippen molar-refractivity contribution in [3.05, 3.63) is 70.3 Å². The molecule has 1 saturated heterocycles. The molecular weight excluding hydrogens is 563 g/mol. The quantitative estimate of drug-likeness (QED) is 0.467. The number of halogens is 2. The highest BCUT2D eigenvalue weighted by Gasteiger charge is 2.34. The molecule has 1 N–H and O–H groups in total. The van der Waals surface area contributed by atoms with Crippen molar-refractivity contribution < 1.29 is 18.0 Å². The number of rotatable bonds is 6. The molecule has 10 nitrogen and oxygen atoms in total. The maximum absolute atomic E-state index is 13.4. The molecule has 39 heavy (non-hydrogen) atoms. The molecule has 2 amide bonds. The van der Waals surface area contributed by atoms with Gasteiger partial charge >= 0.3 is 0 Å². The van der Waals surface area contributed by atoms with Crippen LogP contribution in [-0.2, 0) is 26.0 Å². The van der Waals surface area contributed by atoms with E-state index in [9.17, 15) is 18.0 Å². The summed E-state index contributed by atoms with van der Waals surface area (Å²) in [6.45, 7) is 3.23. The summed E-state index contributed by atoms with van der Waals surface area (Å²) in [6.07, 6.45) is 1.84. The molecule has 2 aliphatic rings. The first-order valence-corrected chi connectivity index (χ1v) is 14.6. The summed E-state index contributed by atoms with van der Waals surface area (Å²) in [5.41, 5.74) is 2.67. The number of nitrogens with zero attached hydrogens (tertiary/aromatic N) is 5. The Bertz CT molecular complexity index is 1500. The molecule has 2 aliphatic heterocycles. The van der Waals surface area contributed by atoms with E-state index in [1.54, 1.807) is 21.9 Å². The summed E-state index contributed by atoms with van der Waals surface area (Å²) in [4.78, 5) is 31.7. The van der Waals surface area contributed by atoms with E-state index in [2.05, 4.69) is 19.8 Å². The van der Waals surface area contributed by atoms with Crippen molar-refractivity contribution in [3.63, 3.8) is 0 Å². The van der Waals surface area contributed by atoms with Crippen LogP contribution in [0.1, 0.15) is 18.9 Å². The Balaban J connectivity index is 1.23. The van der Waals surface area contributed by atoms with Crippen LogP contribution >= 0.6 is 23.2 Å². The molecule has 0 aliphatic carbocycles. The van der Waals surface area contributed by atoms with Gasteiger partial charge in [-0.25, -0.2) is 8.42 Å². The smallest absolute Gasteiger partial charge is 0.263 e. The van der Waals surface area contributed by atoms with E-state index >= 15 is 0 Å². The molecule has 3 heterocycles. The fraction of sp³-hybridized carbons (Fsp3) is 0.308. The summed E-state index contributed by atoms with van der Waals surface area (Å²) >= 11 is 11.9. The van der Waals surface area contributed by atoms with Gasteiger partial charge in [0.1, 0.15) is 12.6 Å². The van der Waals surface area contributed by atoms with E-state index in [4.69, 9.17) is 23.2 Å². The van der Waals surface area contributed by atoms with Crippen LogP contribution in [-0.4, -0.2) is 67.6 Å². The second-order valence-corrected chi connectivity index (χ2v) is 11.9. The predicted molar refractivity (Wildman–Crippen MR) is 150 cm³/mol. The van der Waals surface area contributed by atoms with E-state index < -0.39 is 16.1 Å². The van der Waals surface area contributed by atoms with Crippen molar-refractivity contribution in [3.8, 4) is 0 Å². The first-order valence-electron chi connectivity index (χ1n) is 12.4. The van der Waals surface area contributed by atoms with Crippen molar-refractivity contribution in [2.24, 2.45) is 0 Å². The van der Waals surface area contributed by atoms with Crippen molar-refractivity contribution in [1.29, 1.82) is 0 Å². The number of piperazine rings is 1. The van der Waals surface area contributed by atoms with Crippen molar-refractivity contribution >= 4 is 62.2 Å². The minimum atomic E-state index is -3.92. The molecule has 1 atom stereocenters. The average Bonchev–Trinajstić information content (AvgIpc) is 2.93. The molecule has 13 heteroatoms. The van der Waals surface area contributed by atoms with Gasteiger partial charge in [-0.05, 0) is 79.9 Å². The second-order valence-electron chi connectivity index (χ2n) is 9.39. The standard InChI is InChI=1S/C26H26Cl2N6O4S/c1-17(33-12-2-3-18-15-19(27)4-9-22(18)33)26(36)32-13-14-34(25(35)16-32)20-5-7-21(8-6-20)39(37,38)31-24-11-10-23(28)29-30-24/h4-11,15,17H,2-3,12-14,16H2,1H3,(H,30,31)/t17-/m1/s1. The Hall–Kier alpha value is -3.41. The zero-order chi connectivity index (χ0) is 27.7. The van der Waals surface area contributed by atoms with Gasteiger partial charge in [-0.1, -0.05) is 23.2 Å². The van der Waals surface area contributed by atoms with E-state index in [0.29, 0.717) is 23.8 Å². The van der Waals surface area contributed by atoms with E-state index in [1.165, 1.54) is 24.3 Å². The number of carbonyl (C=O) groups excluding carboxylic acids is 2. The minimum Gasteiger partial charge on any atom is -0.360 e. The number of hydrogen-bond donors (Lipinski definition) is 1. The Kier molecular flexibility index (Phi) is 7.66. The van der Waals surface area contributed by atoms with Crippen LogP contribution in [0.25, 0.3) is 0 Å². The van der Waals surface area contributed by atoms with E-state index in [0.717, 1.165) is 30.6 Å². The lowest BCUT2D eigenvalue weighted by atomic mass is 10.00. The molecule has 2 aromatic carbocycles. The number of amides is 2. The summed E-state index contributed by atoms with van der Waals surface area (Å²) < 4.78 is 27.7. The van der Waals surface area contributed by atoms with Gasteiger partial charge in [-0.2, -0.15) is 0 Å². The molecular formula is C26H26Cl2N6O4S. The second kappa shape index (κ2) is 11.0. The van der Waals surface area contributed by atoms with Crippen molar-refractivity contribution in [2.45, 2.75) is 30.7 Å². The van der Waals surface area contributed by atoms with Crippen LogP contribution in [0, 0.1) is 0 Å². The molecule has 204 valence electrons. The number of aromatic nitrogens is 2. The highest BCUT2D eigenvalue weighted by Crippen LogP contribution is 2.31. The number of hydrogen-bond acceptors (Lipinski definition) is 7. The molecule has 0 spiro atoms. The molecule has 0 saturated carbocycles. The van der Waals surface area contributed by atoms with Gasteiger partial charge in [-0.3, -0.25) is 14.3 Å². The molecule has 0 radical (unpaired) electrons. The Morgan fingerprint density at radius 3 is 2.46 bits per heavy atom. The largest absolute Gasteiger partial charge is 0.360 e. The molecule has 0 bridgehead atoms. The van der Waals surface area contributed by atoms with Gasteiger partial charge in [0, 0.05) is 36.0 Å². The third-order valence-electron chi connectivity index (χ3n) is 6.88. The van der Waals surface area contributed by atoms with Crippen molar-refractivity contribution in [2.75, 3.05) is 40.7 Å². The average molecular weight is 590 g/mol. The summed E-state index contributed by atoms with van der Waals surface area (Å²) in [5.74, 6) is -0.313. The van der Waals surface area contributed by atoms with Crippen LogP contribution in [0.2, 0.25) is 10.2 Å². The summed E-state index contributed by atoms with van der Waals surface area (Å²) in [7, 11) is -3.92. The highest BCUT2D eigenvalue weighted by atomic mass is 35.5. The molecule has 3 aromatic rings. The maximum Gasteiger partial charge on any atom is 0.263 e. The van der Waals surface area contributed by atoms with Crippen molar-refractivity contribution in [1.82, 2.24) is 15.1 Å². The number of carbonyl (C=O) groups is 2. The van der Waals surface area contributed by atoms with Crippen LogP contribution < -0.4 is 14.5 Å². The van der Waals surface area contributed by atoms with Crippen LogP contribution in [0.3, 0.4) is 0 Å². The van der Waals surface area contributed by atoms with E-state index in [1.807, 2.05) is 25.1 Å². The van der Waals surface area contributed by atoms with Gasteiger partial charge in [-0.15, -0.1) is 10.2 Å². The maximum atomic E-state index is 13.4. The number of aryl methyl sites for hydroxylation is 1. The van der Waals surface area contributed by atoms with Crippen LogP contribution in [0.4, 0.5) is 17.2 Å². The zero-order valence-electron chi connectivity index (χ0n) is 21.0. The molecule has 0 unspecified atom stereocenters. The minimum absolute atomic E-state index is 0.00110. The number of sulfonamides is 1. The summed E-state index contributed by atoms with van der Waals surface area (Å²) in [5, 5.41) is 8.14.